The fraction of sp³-hybridized carbons (Fsp3) is 0.455. The fourth-order valence-corrected chi connectivity index (χ4v) is 1.92. The Bertz CT molecular complexity index is 340. The van der Waals surface area contributed by atoms with Crippen LogP contribution in [0.4, 0.5) is 5.69 Å². The second-order valence-electron chi connectivity index (χ2n) is 3.64. The number of hydrogen-bond acceptors (Lipinski definition) is 2. The van der Waals surface area contributed by atoms with Gasteiger partial charge in [0.05, 0.1) is 11.7 Å². The van der Waals surface area contributed by atoms with Crippen LogP contribution in [0.1, 0.15) is 20.3 Å². The predicted octanol–water partition coefficient (Wildman–Crippen LogP) is 3.31. The van der Waals surface area contributed by atoms with Gasteiger partial charge in [-0.2, -0.15) is 0 Å². The summed E-state index contributed by atoms with van der Waals surface area (Å²) in [6.45, 7) is 4.25. The normalized spacial score (nSPS) is 24.8. The molecule has 2 nitrogen and oxygen atoms in total. The number of halogens is 1. The highest BCUT2D eigenvalue weighted by molar-refractivity contribution is 6.30. The topological polar surface area (TPSA) is 21.3 Å². The first-order valence-corrected chi connectivity index (χ1v) is 5.31. The van der Waals surface area contributed by atoms with Gasteiger partial charge >= 0.3 is 0 Å². The monoisotopic (exact) mass is 211 g/mol. The molecule has 0 saturated carbocycles. The first kappa shape index (κ1) is 9.66. The van der Waals surface area contributed by atoms with Crippen molar-refractivity contribution in [1.82, 2.24) is 0 Å². The van der Waals surface area contributed by atoms with E-state index in [9.17, 15) is 0 Å². The second kappa shape index (κ2) is 3.70. The lowest BCUT2D eigenvalue weighted by Crippen LogP contribution is -2.38. The van der Waals surface area contributed by atoms with Gasteiger partial charge in [0.15, 0.2) is 0 Å². The summed E-state index contributed by atoms with van der Waals surface area (Å²) in [6.07, 6.45) is 1.24. The Morgan fingerprint density at radius 1 is 1.50 bits per heavy atom. The molecule has 1 aliphatic heterocycles. The van der Waals surface area contributed by atoms with Gasteiger partial charge in [-0.05, 0) is 25.5 Å². The van der Waals surface area contributed by atoms with Crippen molar-refractivity contribution in [2.75, 3.05) is 5.32 Å². The van der Waals surface area contributed by atoms with Crippen LogP contribution in [0.25, 0.3) is 0 Å². The molecule has 0 amide bonds. The highest BCUT2D eigenvalue weighted by atomic mass is 35.5. The van der Waals surface area contributed by atoms with Crippen molar-refractivity contribution in [2.24, 2.45) is 0 Å². The number of hydrogen-bond donors (Lipinski definition) is 1. The van der Waals surface area contributed by atoms with Crippen molar-refractivity contribution in [3.05, 3.63) is 23.2 Å². The molecule has 3 heteroatoms. The molecular formula is C11H14ClNO. The molecular weight excluding hydrogens is 198 g/mol. The van der Waals surface area contributed by atoms with Crippen LogP contribution >= 0.6 is 11.6 Å². The number of anilines is 1. The third-order valence-electron chi connectivity index (χ3n) is 2.57. The van der Waals surface area contributed by atoms with E-state index in [0.717, 1.165) is 22.9 Å². The molecule has 2 atom stereocenters. The fourth-order valence-electron chi connectivity index (χ4n) is 1.75. The van der Waals surface area contributed by atoms with E-state index in [1.165, 1.54) is 0 Å². The molecule has 1 aromatic carbocycles. The lowest BCUT2D eigenvalue weighted by molar-refractivity contribution is 0.170. The van der Waals surface area contributed by atoms with E-state index in [0.29, 0.717) is 6.04 Å². The Labute approximate surface area is 89.2 Å². The smallest absolute Gasteiger partial charge is 0.144 e. The number of fused-ring (bicyclic) bond motifs is 1. The van der Waals surface area contributed by atoms with E-state index in [2.05, 4.69) is 19.2 Å². The highest BCUT2D eigenvalue weighted by Crippen LogP contribution is 2.34. The van der Waals surface area contributed by atoms with Crippen LogP contribution in [0.5, 0.6) is 5.75 Å². The molecule has 1 N–H and O–H groups in total. The maximum Gasteiger partial charge on any atom is 0.144 e. The van der Waals surface area contributed by atoms with E-state index in [1.54, 1.807) is 0 Å². The Hall–Kier alpha value is -0.890. The number of rotatable bonds is 1. The maximum atomic E-state index is 5.90. The van der Waals surface area contributed by atoms with Gasteiger partial charge in [-0.25, -0.2) is 0 Å². The average molecular weight is 212 g/mol. The van der Waals surface area contributed by atoms with Gasteiger partial charge in [-0.15, -0.1) is 0 Å². The van der Waals surface area contributed by atoms with Crippen LogP contribution in [-0.2, 0) is 0 Å². The van der Waals surface area contributed by atoms with Gasteiger partial charge < -0.3 is 10.1 Å². The van der Waals surface area contributed by atoms with Crippen molar-refractivity contribution in [3.63, 3.8) is 0 Å². The molecule has 0 spiro atoms. The summed E-state index contributed by atoms with van der Waals surface area (Å²) >= 11 is 5.90. The minimum atomic E-state index is 0.237. The molecule has 0 radical (unpaired) electrons. The largest absolute Gasteiger partial charge is 0.486 e. The molecule has 2 unspecified atom stereocenters. The molecule has 14 heavy (non-hydrogen) atoms. The van der Waals surface area contributed by atoms with Gasteiger partial charge in [-0.1, -0.05) is 18.5 Å². The molecule has 0 fully saturated rings. The molecule has 0 aliphatic carbocycles. The molecule has 0 saturated heterocycles. The molecule has 1 heterocycles. The van der Waals surface area contributed by atoms with Crippen LogP contribution < -0.4 is 10.1 Å². The second-order valence-corrected chi connectivity index (χ2v) is 4.07. The lowest BCUT2D eigenvalue weighted by atomic mass is 10.1. The molecule has 1 aromatic rings. The van der Waals surface area contributed by atoms with E-state index < -0.39 is 0 Å². The summed E-state index contributed by atoms with van der Waals surface area (Å²) in [7, 11) is 0. The highest BCUT2D eigenvalue weighted by Gasteiger charge is 2.24. The van der Waals surface area contributed by atoms with Crippen LogP contribution in [0, 0.1) is 0 Å². The molecule has 0 aromatic heterocycles. The van der Waals surface area contributed by atoms with Gasteiger partial charge in [0.25, 0.3) is 0 Å². The first-order valence-electron chi connectivity index (χ1n) is 4.93. The standard InChI is InChI=1S/C11H14ClNO/c1-3-10-7(2)13-9-5-4-8(12)6-11(9)14-10/h4-7,10,13H,3H2,1-2H3. The van der Waals surface area contributed by atoms with Gasteiger partial charge in [-0.3, -0.25) is 0 Å². The summed E-state index contributed by atoms with van der Waals surface area (Å²) in [5.74, 6) is 0.863. The minimum Gasteiger partial charge on any atom is -0.486 e. The number of benzene rings is 1. The molecule has 1 aliphatic rings. The Kier molecular flexibility index (Phi) is 2.55. The SMILES string of the molecule is CCC1Oc2cc(Cl)ccc2NC1C. The summed E-state index contributed by atoms with van der Waals surface area (Å²) in [5, 5.41) is 4.12. The van der Waals surface area contributed by atoms with Crippen LogP contribution in [0.15, 0.2) is 18.2 Å². The Morgan fingerprint density at radius 3 is 3.00 bits per heavy atom. The lowest BCUT2D eigenvalue weighted by Gasteiger charge is -2.32. The van der Waals surface area contributed by atoms with Crippen molar-refractivity contribution in [3.8, 4) is 5.75 Å². The average Bonchev–Trinajstić information content (AvgIpc) is 2.17. The van der Waals surface area contributed by atoms with Crippen LogP contribution in [0.3, 0.4) is 0 Å². The summed E-state index contributed by atoms with van der Waals surface area (Å²) in [5.41, 5.74) is 1.03. The Balaban J connectivity index is 2.31. The van der Waals surface area contributed by atoms with Gasteiger partial charge in [0.1, 0.15) is 11.9 Å². The van der Waals surface area contributed by atoms with Gasteiger partial charge in [0, 0.05) is 11.1 Å². The van der Waals surface area contributed by atoms with Crippen molar-refractivity contribution in [1.29, 1.82) is 0 Å². The van der Waals surface area contributed by atoms with E-state index in [-0.39, 0.29) is 6.10 Å². The predicted molar refractivity (Wildman–Crippen MR) is 59.2 cm³/mol. The first-order chi connectivity index (χ1) is 6.70. The van der Waals surface area contributed by atoms with Crippen molar-refractivity contribution in [2.45, 2.75) is 32.4 Å². The third-order valence-corrected chi connectivity index (χ3v) is 2.80. The zero-order chi connectivity index (χ0) is 10.1. The number of ether oxygens (including phenoxy) is 1. The van der Waals surface area contributed by atoms with Gasteiger partial charge in [0.2, 0.25) is 0 Å². The molecule has 76 valence electrons. The zero-order valence-corrected chi connectivity index (χ0v) is 9.14. The zero-order valence-electron chi connectivity index (χ0n) is 8.38. The van der Waals surface area contributed by atoms with E-state index in [1.807, 2.05) is 18.2 Å². The number of nitrogens with one attached hydrogen (secondary N) is 1. The van der Waals surface area contributed by atoms with Crippen molar-refractivity contribution >= 4 is 17.3 Å². The van der Waals surface area contributed by atoms with Crippen LogP contribution in [0.2, 0.25) is 5.02 Å². The minimum absolute atomic E-state index is 0.237. The maximum absolute atomic E-state index is 5.90. The molecule has 2 rings (SSSR count). The van der Waals surface area contributed by atoms with E-state index >= 15 is 0 Å². The quantitative estimate of drug-likeness (QED) is 0.770. The summed E-state index contributed by atoms with van der Waals surface area (Å²) in [6, 6.07) is 6.04. The summed E-state index contributed by atoms with van der Waals surface area (Å²) < 4.78 is 5.83. The Morgan fingerprint density at radius 2 is 2.29 bits per heavy atom. The van der Waals surface area contributed by atoms with E-state index in [4.69, 9.17) is 16.3 Å². The summed E-state index contributed by atoms with van der Waals surface area (Å²) in [4.78, 5) is 0. The van der Waals surface area contributed by atoms with Crippen molar-refractivity contribution < 1.29 is 4.74 Å². The third kappa shape index (κ3) is 1.67. The molecule has 0 bridgehead atoms. The van der Waals surface area contributed by atoms with Crippen LogP contribution in [-0.4, -0.2) is 12.1 Å².